The maximum Gasteiger partial charge on any atom is 0.240 e. The molecule has 0 saturated carbocycles. The van der Waals surface area contributed by atoms with Crippen LogP contribution < -0.4 is 4.72 Å². The van der Waals surface area contributed by atoms with Crippen molar-refractivity contribution in [2.45, 2.75) is 31.2 Å². The number of sulfonamides is 1. The summed E-state index contributed by atoms with van der Waals surface area (Å²) in [4.78, 5) is 2.41. The molecule has 0 bridgehead atoms. The molecule has 1 unspecified atom stereocenters. The van der Waals surface area contributed by atoms with Gasteiger partial charge in [0.1, 0.15) is 5.82 Å². The van der Waals surface area contributed by atoms with Gasteiger partial charge in [-0.3, -0.25) is 4.90 Å². The highest BCUT2D eigenvalue weighted by molar-refractivity contribution is 7.89. The predicted octanol–water partition coefficient (Wildman–Crippen LogP) is 3.98. The molecule has 4 nitrogen and oxygen atoms in total. The Labute approximate surface area is 165 Å². The molecule has 0 radical (unpaired) electrons. The largest absolute Gasteiger partial charge is 0.299 e. The number of likely N-dealkylation sites (tertiary alicyclic amines) is 1. The lowest BCUT2D eigenvalue weighted by molar-refractivity contribution is 0.167. The highest BCUT2D eigenvalue weighted by Gasteiger charge is 2.23. The molecule has 1 heterocycles. The molecule has 7 heteroatoms. The fourth-order valence-corrected chi connectivity index (χ4v) is 4.74. The van der Waals surface area contributed by atoms with Crippen molar-refractivity contribution in [3.05, 3.63) is 64.4 Å². The summed E-state index contributed by atoms with van der Waals surface area (Å²) in [7, 11) is -3.52. The van der Waals surface area contributed by atoms with Gasteiger partial charge in [-0.15, -0.1) is 0 Å². The fourth-order valence-electron chi connectivity index (χ4n) is 3.40. The van der Waals surface area contributed by atoms with Gasteiger partial charge in [0.2, 0.25) is 10.0 Å². The van der Waals surface area contributed by atoms with E-state index in [1.165, 1.54) is 6.07 Å². The number of benzene rings is 2. The first-order valence-electron chi connectivity index (χ1n) is 9.07. The van der Waals surface area contributed by atoms with E-state index >= 15 is 0 Å². The van der Waals surface area contributed by atoms with Crippen molar-refractivity contribution in [1.29, 1.82) is 0 Å². The van der Waals surface area contributed by atoms with E-state index in [4.69, 9.17) is 11.6 Å². The van der Waals surface area contributed by atoms with Crippen molar-refractivity contribution < 1.29 is 12.8 Å². The number of rotatable bonds is 6. The first-order valence-corrected chi connectivity index (χ1v) is 10.9. The van der Waals surface area contributed by atoms with Gasteiger partial charge in [-0.2, -0.15) is 0 Å². The number of aryl methyl sites for hydroxylation is 1. The summed E-state index contributed by atoms with van der Waals surface area (Å²) in [6.45, 7) is 4.29. The van der Waals surface area contributed by atoms with Crippen molar-refractivity contribution in [2.75, 3.05) is 19.6 Å². The average Bonchev–Trinajstić information content (AvgIpc) is 2.64. The van der Waals surface area contributed by atoms with Gasteiger partial charge in [-0.05, 0) is 56.5 Å². The van der Waals surface area contributed by atoms with E-state index in [0.29, 0.717) is 30.2 Å². The van der Waals surface area contributed by atoms with Gasteiger partial charge < -0.3 is 0 Å². The van der Waals surface area contributed by atoms with Crippen LogP contribution in [0.25, 0.3) is 0 Å². The Bertz CT molecular complexity index is 867. The summed E-state index contributed by atoms with van der Waals surface area (Å²) in [5.41, 5.74) is 1.52. The van der Waals surface area contributed by atoms with E-state index in [1.54, 1.807) is 36.4 Å². The molecule has 2 aromatic carbocycles. The van der Waals surface area contributed by atoms with E-state index in [-0.39, 0.29) is 16.6 Å². The van der Waals surface area contributed by atoms with E-state index in [0.717, 1.165) is 24.9 Å². The van der Waals surface area contributed by atoms with Crippen LogP contribution in [-0.2, 0) is 16.6 Å². The molecule has 1 atom stereocenters. The van der Waals surface area contributed by atoms with E-state index < -0.39 is 10.0 Å². The molecule has 0 aliphatic carbocycles. The second-order valence-corrected chi connectivity index (χ2v) is 9.28. The molecule has 2 aromatic rings. The molecule has 1 fully saturated rings. The predicted molar refractivity (Wildman–Crippen MR) is 106 cm³/mol. The van der Waals surface area contributed by atoms with E-state index in [2.05, 4.69) is 9.62 Å². The van der Waals surface area contributed by atoms with Gasteiger partial charge in [-0.25, -0.2) is 17.5 Å². The minimum absolute atomic E-state index is 0.185. The van der Waals surface area contributed by atoms with Crippen LogP contribution >= 0.6 is 11.6 Å². The van der Waals surface area contributed by atoms with Gasteiger partial charge in [-0.1, -0.05) is 35.4 Å². The number of nitrogens with one attached hydrogen (secondary N) is 1. The molecule has 1 aliphatic heterocycles. The van der Waals surface area contributed by atoms with Gasteiger partial charge >= 0.3 is 0 Å². The SMILES string of the molecule is Cc1ccc(S(=O)(=O)NCC2CCCN(Cc3c(F)cccc3Cl)C2)cc1. The summed E-state index contributed by atoms with van der Waals surface area (Å²) in [5, 5.41) is 0.428. The van der Waals surface area contributed by atoms with Gasteiger partial charge in [0.05, 0.1) is 4.90 Å². The van der Waals surface area contributed by atoms with Gasteiger partial charge in [0.25, 0.3) is 0 Å². The third-order valence-electron chi connectivity index (χ3n) is 4.94. The molecule has 1 N–H and O–H groups in total. The zero-order valence-electron chi connectivity index (χ0n) is 15.3. The van der Waals surface area contributed by atoms with Crippen molar-refractivity contribution in [3.63, 3.8) is 0 Å². The minimum atomic E-state index is -3.52. The molecule has 146 valence electrons. The Balaban J connectivity index is 1.59. The van der Waals surface area contributed by atoms with Crippen LogP contribution in [0.15, 0.2) is 47.4 Å². The van der Waals surface area contributed by atoms with Crippen molar-refractivity contribution in [2.24, 2.45) is 5.92 Å². The zero-order chi connectivity index (χ0) is 19.4. The maximum atomic E-state index is 14.0. The topological polar surface area (TPSA) is 49.4 Å². The van der Waals surface area contributed by atoms with Crippen LogP contribution in [0.3, 0.4) is 0 Å². The Morgan fingerprint density at radius 1 is 1.22 bits per heavy atom. The first kappa shape index (κ1) is 20.3. The van der Waals surface area contributed by atoms with Gasteiger partial charge in [0, 0.05) is 30.2 Å². The van der Waals surface area contributed by atoms with Crippen LogP contribution in [0.2, 0.25) is 5.02 Å². The summed E-state index contributed by atoms with van der Waals surface area (Å²) < 4.78 is 41.6. The molecule has 0 spiro atoms. The maximum absolute atomic E-state index is 14.0. The lowest BCUT2D eigenvalue weighted by Crippen LogP contribution is -2.40. The van der Waals surface area contributed by atoms with Crippen LogP contribution in [0, 0.1) is 18.7 Å². The third-order valence-corrected chi connectivity index (χ3v) is 6.73. The number of nitrogens with zero attached hydrogens (tertiary/aromatic N) is 1. The normalized spacial score (nSPS) is 18.6. The van der Waals surface area contributed by atoms with Crippen molar-refractivity contribution >= 4 is 21.6 Å². The first-order chi connectivity index (χ1) is 12.8. The molecule has 3 rings (SSSR count). The van der Waals surface area contributed by atoms with E-state index in [9.17, 15) is 12.8 Å². The number of halogens is 2. The number of hydrogen-bond donors (Lipinski definition) is 1. The van der Waals surface area contributed by atoms with Crippen LogP contribution in [0.5, 0.6) is 0 Å². The summed E-state index contributed by atoms with van der Waals surface area (Å²) in [6.07, 6.45) is 1.89. The molecular formula is C20H24ClFN2O2S. The number of piperidine rings is 1. The molecular weight excluding hydrogens is 387 g/mol. The monoisotopic (exact) mass is 410 g/mol. The van der Waals surface area contributed by atoms with Crippen molar-refractivity contribution in [3.8, 4) is 0 Å². The van der Waals surface area contributed by atoms with Gasteiger partial charge in [0.15, 0.2) is 0 Å². The highest BCUT2D eigenvalue weighted by atomic mass is 35.5. The Hall–Kier alpha value is -1.47. The van der Waals surface area contributed by atoms with E-state index in [1.807, 2.05) is 6.92 Å². The second kappa shape index (κ2) is 8.69. The standard InChI is InChI=1S/C20H24ClFN2O2S/c1-15-7-9-17(10-8-15)27(25,26)23-12-16-4-3-11-24(13-16)14-18-19(21)5-2-6-20(18)22/h2,5-10,16,23H,3-4,11-14H2,1H3. The third kappa shape index (κ3) is 5.29. The smallest absolute Gasteiger partial charge is 0.240 e. The lowest BCUT2D eigenvalue weighted by Gasteiger charge is -2.33. The van der Waals surface area contributed by atoms with Crippen LogP contribution in [0.4, 0.5) is 4.39 Å². The quantitative estimate of drug-likeness (QED) is 0.783. The zero-order valence-corrected chi connectivity index (χ0v) is 16.9. The Morgan fingerprint density at radius 2 is 1.96 bits per heavy atom. The number of hydrogen-bond acceptors (Lipinski definition) is 3. The molecule has 1 aliphatic rings. The summed E-state index contributed by atoms with van der Waals surface area (Å²) in [6, 6.07) is 11.5. The lowest BCUT2D eigenvalue weighted by atomic mass is 9.98. The second-order valence-electron chi connectivity index (χ2n) is 7.11. The summed E-state index contributed by atoms with van der Waals surface area (Å²) in [5.74, 6) is -0.116. The van der Waals surface area contributed by atoms with Crippen molar-refractivity contribution in [1.82, 2.24) is 9.62 Å². The Kier molecular flexibility index (Phi) is 6.52. The van der Waals surface area contributed by atoms with Crippen LogP contribution in [-0.4, -0.2) is 33.0 Å². The molecule has 27 heavy (non-hydrogen) atoms. The highest BCUT2D eigenvalue weighted by Crippen LogP contribution is 2.24. The summed E-state index contributed by atoms with van der Waals surface area (Å²) >= 11 is 6.13. The Morgan fingerprint density at radius 3 is 2.67 bits per heavy atom. The molecule has 0 aromatic heterocycles. The van der Waals surface area contributed by atoms with Crippen LogP contribution in [0.1, 0.15) is 24.0 Å². The minimum Gasteiger partial charge on any atom is -0.299 e. The molecule has 1 saturated heterocycles. The average molecular weight is 411 g/mol. The molecule has 0 amide bonds. The fraction of sp³-hybridized carbons (Fsp3) is 0.400.